The number of hydrogen-bond donors (Lipinski definition) is 2. The number of anilines is 1. The first-order valence-electron chi connectivity index (χ1n) is 15.7. The van der Waals surface area contributed by atoms with Crippen LogP contribution in [0.4, 0.5) is 5.69 Å². The summed E-state index contributed by atoms with van der Waals surface area (Å²) in [6, 6.07) is 21.2. The van der Waals surface area contributed by atoms with Crippen LogP contribution in [0.2, 0.25) is 10.0 Å². The molecular weight excluding hydrogens is 641 g/mol. The highest BCUT2D eigenvalue weighted by Crippen LogP contribution is 2.40. The fraction of sp³-hybridized carbons (Fsp3) is 0.371. The van der Waals surface area contributed by atoms with Gasteiger partial charge in [0.05, 0.1) is 19.8 Å². The zero-order valence-corrected chi connectivity index (χ0v) is 27.6. The summed E-state index contributed by atoms with van der Waals surface area (Å²) in [5, 5.41) is 7.51. The van der Waals surface area contributed by atoms with Crippen molar-refractivity contribution >= 4 is 52.6 Å². The second kappa shape index (κ2) is 13.9. The number of halogens is 2. The van der Waals surface area contributed by atoms with Crippen molar-refractivity contribution in [2.45, 2.75) is 49.9 Å². The molecular formula is C35H37Cl2N5O5. The second-order valence-electron chi connectivity index (χ2n) is 12.3. The van der Waals surface area contributed by atoms with Gasteiger partial charge in [0, 0.05) is 41.8 Å². The molecule has 0 aliphatic carbocycles. The average Bonchev–Trinajstić information content (AvgIpc) is 3.34. The molecule has 2 atom stereocenters. The minimum atomic E-state index is -0.951. The van der Waals surface area contributed by atoms with Crippen molar-refractivity contribution in [3.63, 3.8) is 0 Å². The lowest BCUT2D eigenvalue weighted by Gasteiger charge is -2.44. The summed E-state index contributed by atoms with van der Waals surface area (Å²) < 4.78 is 4.85. The Balaban J connectivity index is 1.20. The van der Waals surface area contributed by atoms with Gasteiger partial charge in [0.25, 0.3) is 5.91 Å². The van der Waals surface area contributed by atoms with Gasteiger partial charge in [0.1, 0.15) is 18.1 Å². The van der Waals surface area contributed by atoms with Crippen LogP contribution < -0.4 is 15.5 Å². The van der Waals surface area contributed by atoms with Gasteiger partial charge in [-0.2, -0.15) is 0 Å². The summed E-state index contributed by atoms with van der Waals surface area (Å²) in [7, 11) is 1.29. The molecule has 0 radical (unpaired) electrons. The Kier molecular flexibility index (Phi) is 9.72. The van der Waals surface area contributed by atoms with Gasteiger partial charge in [-0.1, -0.05) is 59.6 Å². The van der Waals surface area contributed by atoms with E-state index in [1.807, 2.05) is 53.4 Å². The highest BCUT2D eigenvalue weighted by Gasteiger charge is 2.54. The Morgan fingerprint density at radius 1 is 0.957 bits per heavy atom. The van der Waals surface area contributed by atoms with Gasteiger partial charge >= 0.3 is 5.97 Å². The third-order valence-electron chi connectivity index (χ3n) is 9.47. The number of methoxy groups -OCH3 is 1. The van der Waals surface area contributed by atoms with Gasteiger partial charge < -0.3 is 30.1 Å². The predicted octanol–water partition coefficient (Wildman–Crippen LogP) is 3.58. The number of carbonyl (C=O) groups is 4. The number of hydrogen-bond acceptors (Lipinski definition) is 7. The first-order valence-corrected chi connectivity index (χ1v) is 16.5. The molecule has 10 nitrogen and oxygen atoms in total. The number of benzene rings is 3. The number of carbonyl (C=O) groups excluding carboxylic acids is 4. The third kappa shape index (κ3) is 6.95. The largest absolute Gasteiger partial charge is 0.468 e. The van der Waals surface area contributed by atoms with E-state index in [0.717, 1.165) is 22.4 Å². The van der Waals surface area contributed by atoms with Crippen molar-refractivity contribution < 1.29 is 23.9 Å². The third-order valence-corrected chi connectivity index (χ3v) is 9.97. The molecule has 2 saturated heterocycles. The molecule has 0 aromatic heterocycles. The molecule has 3 aliphatic heterocycles. The first kappa shape index (κ1) is 32.8. The standard InChI is InChI=1S/C35H37Cl2N5O5/c1-47-31(43)21-41-22-42(28-12-10-27(37)11-13-28)35(34(41)46)14-16-40(17-15-35)33(45)30(18-23-6-8-26(36)9-7-23)39-32(44)29-19-24-4-2-3-5-25(24)20-38-29/h2-13,29-30,38H,14-22H2,1H3,(H,39,44)/t29-,30-/m1/s1. The van der Waals surface area contributed by atoms with E-state index in [1.54, 1.807) is 29.2 Å². The minimum Gasteiger partial charge on any atom is -0.468 e. The maximum Gasteiger partial charge on any atom is 0.325 e. The Hall–Kier alpha value is -4.12. The lowest BCUT2D eigenvalue weighted by Crippen LogP contribution is -2.60. The number of piperidine rings is 1. The number of nitrogens with one attached hydrogen (secondary N) is 2. The average molecular weight is 679 g/mol. The maximum atomic E-state index is 14.2. The van der Waals surface area contributed by atoms with Crippen molar-refractivity contribution in [2.75, 3.05) is 38.3 Å². The van der Waals surface area contributed by atoms with Gasteiger partial charge in [-0.25, -0.2) is 0 Å². The van der Waals surface area contributed by atoms with Gasteiger partial charge in [-0.15, -0.1) is 0 Å². The summed E-state index contributed by atoms with van der Waals surface area (Å²) in [4.78, 5) is 59.1. The quantitative estimate of drug-likeness (QED) is 0.351. The Morgan fingerprint density at radius 2 is 1.60 bits per heavy atom. The number of esters is 1. The Bertz CT molecular complexity index is 1640. The fourth-order valence-electron chi connectivity index (χ4n) is 6.84. The molecule has 47 heavy (non-hydrogen) atoms. The van der Waals surface area contributed by atoms with E-state index in [2.05, 4.69) is 10.6 Å². The van der Waals surface area contributed by atoms with E-state index in [1.165, 1.54) is 12.0 Å². The van der Waals surface area contributed by atoms with Crippen LogP contribution in [0.1, 0.15) is 29.5 Å². The van der Waals surface area contributed by atoms with E-state index in [0.29, 0.717) is 48.9 Å². The zero-order chi connectivity index (χ0) is 33.1. The van der Waals surface area contributed by atoms with Crippen LogP contribution >= 0.6 is 23.2 Å². The molecule has 2 fully saturated rings. The molecule has 3 amide bonds. The lowest BCUT2D eigenvalue weighted by atomic mass is 9.85. The number of nitrogens with zero attached hydrogens (tertiary/aromatic N) is 3. The Labute approximate surface area is 283 Å². The summed E-state index contributed by atoms with van der Waals surface area (Å²) in [5.74, 6) is -1.14. The molecule has 2 N–H and O–H groups in total. The summed E-state index contributed by atoms with van der Waals surface area (Å²) in [6.07, 6.45) is 1.51. The summed E-state index contributed by atoms with van der Waals surface area (Å²) >= 11 is 12.3. The molecule has 6 rings (SSSR count). The van der Waals surface area contributed by atoms with Crippen LogP contribution in [0.5, 0.6) is 0 Å². The van der Waals surface area contributed by atoms with Gasteiger partial charge in [-0.3, -0.25) is 19.2 Å². The monoisotopic (exact) mass is 677 g/mol. The number of amides is 3. The van der Waals surface area contributed by atoms with E-state index >= 15 is 0 Å². The second-order valence-corrected chi connectivity index (χ2v) is 13.2. The Morgan fingerprint density at radius 3 is 2.26 bits per heavy atom. The predicted molar refractivity (Wildman–Crippen MR) is 179 cm³/mol. The van der Waals surface area contributed by atoms with Crippen LogP contribution in [-0.2, 0) is 43.3 Å². The molecule has 3 aromatic rings. The summed E-state index contributed by atoms with van der Waals surface area (Å²) in [5.41, 5.74) is 2.98. The molecule has 1 spiro atoms. The van der Waals surface area contributed by atoms with Crippen molar-refractivity contribution in [1.82, 2.24) is 20.4 Å². The molecule has 0 bridgehead atoms. The molecule has 246 valence electrons. The molecule has 3 aliphatic rings. The zero-order valence-electron chi connectivity index (χ0n) is 26.1. The highest BCUT2D eigenvalue weighted by atomic mass is 35.5. The molecule has 3 aromatic carbocycles. The lowest BCUT2D eigenvalue weighted by molar-refractivity contribution is -0.147. The van der Waals surface area contributed by atoms with Crippen molar-refractivity contribution in [3.8, 4) is 0 Å². The summed E-state index contributed by atoms with van der Waals surface area (Å²) in [6.45, 7) is 1.20. The smallest absolute Gasteiger partial charge is 0.325 e. The number of ether oxygens (including phenoxy) is 1. The maximum absolute atomic E-state index is 14.2. The molecule has 0 saturated carbocycles. The minimum absolute atomic E-state index is 0.168. The number of rotatable bonds is 8. The number of fused-ring (bicyclic) bond motifs is 1. The van der Waals surface area contributed by atoms with Gasteiger partial charge in [0.2, 0.25) is 11.8 Å². The van der Waals surface area contributed by atoms with Crippen molar-refractivity contribution in [1.29, 1.82) is 0 Å². The van der Waals surface area contributed by atoms with E-state index in [9.17, 15) is 19.2 Å². The van der Waals surface area contributed by atoms with Gasteiger partial charge in [-0.05, 0) is 72.4 Å². The molecule has 12 heteroatoms. The van der Waals surface area contributed by atoms with Crippen LogP contribution in [0.15, 0.2) is 72.8 Å². The van der Waals surface area contributed by atoms with Crippen LogP contribution in [0.25, 0.3) is 0 Å². The van der Waals surface area contributed by atoms with Crippen molar-refractivity contribution in [2.24, 2.45) is 0 Å². The number of likely N-dealkylation sites (tertiary alicyclic amines) is 1. The fourth-order valence-corrected chi connectivity index (χ4v) is 7.09. The van der Waals surface area contributed by atoms with Crippen molar-refractivity contribution in [3.05, 3.63) is 99.5 Å². The van der Waals surface area contributed by atoms with Crippen LogP contribution in [0.3, 0.4) is 0 Å². The van der Waals surface area contributed by atoms with Crippen LogP contribution in [-0.4, -0.2) is 84.5 Å². The molecule has 3 heterocycles. The SMILES string of the molecule is COC(=O)CN1CN(c2ccc(Cl)cc2)C2(CCN(C(=O)[C@@H](Cc3ccc(Cl)cc3)NC(=O)[C@H]3Cc4ccccc4CN3)CC2)C1=O. The van der Waals surface area contributed by atoms with Crippen LogP contribution in [0, 0.1) is 0 Å². The topological polar surface area (TPSA) is 111 Å². The first-order chi connectivity index (χ1) is 22.7. The normalized spacial score (nSPS) is 19.3. The highest BCUT2D eigenvalue weighted by molar-refractivity contribution is 6.30. The van der Waals surface area contributed by atoms with E-state index < -0.39 is 23.6 Å². The van der Waals surface area contributed by atoms with E-state index in [-0.39, 0.29) is 37.4 Å². The van der Waals surface area contributed by atoms with Gasteiger partial charge in [0.15, 0.2) is 0 Å². The molecule has 0 unspecified atom stereocenters. The van der Waals surface area contributed by atoms with E-state index in [4.69, 9.17) is 27.9 Å².